The van der Waals surface area contributed by atoms with Crippen LogP contribution in [-0.2, 0) is 6.42 Å². The number of aromatic nitrogens is 2. The van der Waals surface area contributed by atoms with Crippen LogP contribution in [0.2, 0.25) is 0 Å². The van der Waals surface area contributed by atoms with Gasteiger partial charge in [0.1, 0.15) is 5.01 Å². The summed E-state index contributed by atoms with van der Waals surface area (Å²) >= 11 is 1.18. The van der Waals surface area contributed by atoms with Gasteiger partial charge in [0.2, 0.25) is 5.13 Å². The molecule has 23 heavy (non-hydrogen) atoms. The van der Waals surface area contributed by atoms with Crippen molar-refractivity contribution >= 4 is 33.8 Å². The van der Waals surface area contributed by atoms with Gasteiger partial charge >= 0.3 is 0 Å². The number of nitrogens with one attached hydrogen (secondary N) is 1. The van der Waals surface area contributed by atoms with E-state index in [2.05, 4.69) is 15.5 Å². The Morgan fingerprint density at radius 3 is 2.30 bits per heavy atom. The van der Waals surface area contributed by atoms with Gasteiger partial charge in [-0.3, -0.25) is 30.3 Å². The van der Waals surface area contributed by atoms with E-state index in [-0.39, 0.29) is 10.7 Å². The number of hydrogen-bond donors (Lipinski definition) is 1. The number of carbonyl (C=O) groups is 1. The molecule has 0 saturated heterocycles. The molecule has 1 amide bonds. The summed E-state index contributed by atoms with van der Waals surface area (Å²) in [6.45, 7) is 1.97. The maximum absolute atomic E-state index is 12.1. The van der Waals surface area contributed by atoms with Gasteiger partial charge in [-0.15, -0.1) is 10.2 Å². The van der Waals surface area contributed by atoms with Crippen molar-refractivity contribution in [2.45, 2.75) is 19.8 Å². The summed E-state index contributed by atoms with van der Waals surface area (Å²) in [6.07, 6.45) is 1.59. The van der Waals surface area contributed by atoms with Crippen molar-refractivity contribution in [1.29, 1.82) is 0 Å². The van der Waals surface area contributed by atoms with E-state index in [1.807, 2.05) is 6.92 Å². The highest BCUT2D eigenvalue weighted by molar-refractivity contribution is 7.15. The Labute approximate surface area is 133 Å². The lowest BCUT2D eigenvalue weighted by atomic mass is 10.1. The van der Waals surface area contributed by atoms with Gasteiger partial charge in [-0.05, 0) is 6.42 Å². The van der Waals surface area contributed by atoms with Crippen molar-refractivity contribution in [1.82, 2.24) is 10.2 Å². The van der Waals surface area contributed by atoms with Gasteiger partial charge in [0.15, 0.2) is 0 Å². The summed E-state index contributed by atoms with van der Waals surface area (Å²) in [4.78, 5) is 32.1. The topological polar surface area (TPSA) is 141 Å². The maximum atomic E-state index is 12.1. The molecule has 0 bridgehead atoms. The summed E-state index contributed by atoms with van der Waals surface area (Å²) in [5.41, 5.74) is -1.26. The highest BCUT2D eigenvalue weighted by Gasteiger charge is 2.20. The first-order valence-corrected chi connectivity index (χ1v) is 7.30. The fourth-order valence-corrected chi connectivity index (χ4v) is 2.56. The molecular formula is C12H11N5O5S. The predicted octanol–water partition coefficient (Wildman–Crippen LogP) is 2.56. The zero-order valence-corrected chi connectivity index (χ0v) is 12.7. The predicted molar refractivity (Wildman–Crippen MR) is 81.6 cm³/mol. The standard InChI is InChI=1S/C12H11N5O5S/c1-2-3-10-14-15-12(23-10)13-11(18)7-4-8(16(19)20)6-9(5-7)17(21)22/h4-6H,2-3H2,1H3,(H,13,15,18). The molecule has 0 fully saturated rings. The van der Waals surface area contributed by atoms with Crippen molar-refractivity contribution in [2.75, 3.05) is 5.32 Å². The van der Waals surface area contributed by atoms with E-state index in [1.54, 1.807) is 0 Å². The number of carbonyl (C=O) groups excluding carboxylic acids is 1. The molecule has 1 heterocycles. The normalized spacial score (nSPS) is 10.3. The van der Waals surface area contributed by atoms with Crippen molar-refractivity contribution in [3.05, 3.63) is 49.0 Å². The molecule has 1 N–H and O–H groups in total. The SMILES string of the molecule is CCCc1nnc(NC(=O)c2cc([N+](=O)[O-])cc([N+](=O)[O-])c2)s1. The molecule has 11 heteroatoms. The molecule has 1 aromatic carbocycles. The smallest absolute Gasteiger partial charge is 0.277 e. The Balaban J connectivity index is 2.26. The summed E-state index contributed by atoms with van der Waals surface area (Å²) in [7, 11) is 0. The molecule has 0 aliphatic heterocycles. The van der Waals surface area contributed by atoms with Crippen LogP contribution in [0.25, 0.3) is 0 Å². The largest absolute Gasteiger partial charge is 0.296 e. The molecule has 2 rings (SSSR count). The molecule has 0 saturated carbocycles. The highest BCUT2D eigenvalue weighted by Crippen LogP contribution is 2.24. The van der Waals surface area contributed by atoms with Gasteiger partial charge in [-0.25, -0.2) is 0 Å². The molecule has 120 valence electrons. The molecule has 1 aromatic heterocycles. The Kier molecular flexibility index (Phi) is 4.91. The van der Waals surface area contributed by atoms with Crippen LogP contribution in [-0.4, -0.2) is 26.0 Å². The summed E-state index contributed by atoms with van der Waals surface area (Å²) in [5.74, 6) is -0.726. The highest BCUT2D eigenvalue weighted by atomic mass is 32.1. The monoisotopic (exact) mass is 337 g/mol. The van der Waals surface area contributed by atoms with Crippen LogP contribution in [0.4, 0.5) is 16.5 Å². The molecule has 0 atom stereocenters. The molecule has 0 radical (unpaired) electrons. The number of hydrogen-bond acceptors (Lipinski definition) is 8. The second kappa shape index (κ2) is 6.87. The molecular weight excluding hydrogens is 326 g/mol. The van der Waals surface area contributed by atoms with Crippen molar-refractivity contribution in [2.24, 2.45) is 0 Å². The number of rotatable bonds is 6. The van der Waals surface area contributed by atoms with Crippen molar-refractivity contribution in [3.8, 4) is 0 Å². The third-order valence-electron chi connectivity index (χ3n) is 2.74. The Hall–Kier alpha value is -2.95. The van der Waals surface area contributed by atoms with Gasteiger partial charge < -0.3 is 0 Å². The van der Waals surface area contributed by atoms with E-state index < -0.39 is 27.1 Å². The molecule has 0 aliphatic carbocycles. The second-order valence-electron chi connectivity index (χ2n) is 4.46. The average Bonchev–Trinajstić information content (AvgIpc) is 2.94. The third kappa shape index (κ3) is 4.03. The minimum absolute atomic E-state index is 0.196. The van der Waals surface area contributed by atoms with Gasteiger partial charge in [0.25, 0.3) is 17.3 Å². The summed E-state index contributed by atoms with van der Waals surface area (Å²) < 4.78 is 0. The van der Waals surface area contributed by atoms with Gasteiger partial charge in [-0.2, -0.15) is 0 Å². The molecule has 10 nitrogen and oxygen atoms in total. The number of nitro groups is 2. The number of benzene rings is 1. The van der Waals surface area contributed by atoms with E-state index in [0.29, 0.717) is 0 Å². The minimum atomic E-state index is -0.798. The third-order valence-corrected chi connectivity index (χ3v) is 3.64. The van der Waals surface area contributed by atoms with E-state index in [1.165, 1.54) is 11.3 Å². The molecule has 0 aliphatic rings. The fraction of sp³-hybridized carbons (Fsp3) is 0.250. The fourth-order valence-electron chi connectivity index (χ4n) is 1.73. The van der Waals surface area contributed by atoms with E-state index in [9.17, 15) is 25.0 Å². The van der Waals surface area contributed by atoms with Crippen molar-refractivity contribution in [3.63, 3.8) is 0 Å². The number of aryl methyl sites for hydroxylation is 1. The zero-order chi connectivity index (χ0) is 17.0. The first-order valence-electron chi connectivity index (χ1n) is 6.48. The lowest BCUT2D eigenvalue weighted by Gasteiger charge is -2.01. The number of anilines is 1. The Morgan fingerprint density at radius 2 is 1.78 bits per heavy atom. The van der Waals surface area contributed by atoms with E-state index in [0.717, 1.165) is 36.0 Å². The van der Waals surface area contributed by atoms with Gasteiger partial charge in [0, 0.05) is 18.6 Å². The molecule has 0 spiro atoms. The minimum Gasteiger partial charge on any atom is -0.296 e. The van der Waals surface area contributed by atoms with Crippen LogP contribution in [0, 0.1) is 20.2 Å². The van der Waals surface area contributed by atoms with Crippen LogP contribution in [0.15, 0.2) is 18.2 Å². The number of non-ortho nitro benzene ring substituents is 2. The van der Waals surface area contributed by atoms with Crippen LogP contribution in [0.1, 0.15) is 28.7 Å². The first-order chi connectivity index (χ1) is 10.9. The summed E-state index contributed by atoms with van der Waals surface area (Å²) in [6, 6.07) is 2.73. The van der Waals surface area contributed by atoms with Crippen LogP contribution >= 0.6 is 11.3 Å². The van der Waals surface area contributed by atoms with Crippen molar-refractivity contribution < 1.29 is 14.6 Å². The van der Waals surface area contributed by atoms with Crippen LogP contribution in [0.3, 0.4) is 0 Å². The molecule has 2 aromatic rings. The Morgan fingerprint density at radius 1 is 1.17 bits per heavy atom. The van der Waals surface area contributed by atoms with E-state index >= 15 is 0 Å². The number of nitro benzene ring substituents is 2. The quantitative estimate of drug-likeness (QED) is 0.630. The van der Waals surface area contributed by atoms with E-state index in [4.69, 9.17) is 0 Å². The lowest BCUT2D eigenvalue weighted by molar-refractivity contribution is -0.394. The first kappa shape index (κ1) is 16.4. The average molecular weight is 337 g/mol. The number of nitrogens with zero attached hydrogens (tertiary/aromatic N) is 4. The maximum Gasteiger partial charge on any atom is 0.277 e. The van der Waals surface area contributed by atoms with Crippen LogP contribution < -0.4 is 5.32 Å². The Bertz CT molecular complexity index is 743. The number of amides is 1. The molecule has 0 unspecified atom stereocenters. The second-order valence-corrected chi connectivity index (χ2v) is 5.52. The van der Waals surface area contributed by atoms with Gasteiger partial charge in [0.05, 0.1) is 21.5 Å². The summed E-state index contributed by atoms with van der Waals surface area (Å²) in [5, 5.41) is 32.7. The lowest BCUT2D eigenvalue weighted by Crippen LogP contribution is -2.12. The zero-order valence-electron chi connectivity index (χ0n) is 11.9. The van der Waals surface area contributed by atoms with Crippen LogP contribution in [0.5, 0.6) is 0 Å². The van der Waals surface area contributed by atoms with Gasteiger partial charge in [-0.1, -0.05) is 18.3 Å².